The van der Waals surface area contributed by atoms with E-state index < -0.39 is 10.0 Å². The molecule has 1 amide bonds. The first-order valence-electron chi connectivity index (χ1n) is 11.1. The molecule has 4 aromatic rings. The molecule has 2 aromatic carbocycles. The number of fused-ring (bicyclic) bond motifs is 3. The fourth-order valence-electron chi connectivity index (χ4n) is 4.18. The van der Waals surface area contributed by atoms with E-state index in [1.54, 1.807) is 18.2 Å². The first-order valence-corrected chi connectivity index (χ1v) is 12.5. The van der Waals surface area contributed by atoms with E-state index in [0.717, 1.165) is 24.1 Å². The van der Waals surface area contributed by atoms with Crippen LogP contribution in [0.1, 0.15) is 19.8 Å². The molecule has 1 saturated heterocycles. The lowest BCUT2D eigenvalue weighted by Gasteiger charge is -2.15. The topological polar surface area (TPSA) is 119 Å². The van der Waals surface area contributed by atoms with Crippen LogP contribution in [0, 0.1) is 0 Å². The summed E-state index contributed by atoms with van der Waals surface area (Å²) in [6.45, 7) is 3.22. The van der Waals surface area contributed by atoms with E-state index in [1.165, 1.54) is 11.2 Å². The van der Waals surface area contributed by atoms with Crippen LogP contribution in [-0.4, -0.2) is 58.1 Å². The van der Waals surface area contributed by atoms with Crippen molar-refractivity contribution in [1.29, 1.82) is 0 Å². The standard InChI is InChI=1S/C23H24N6O4S/c1-16(30)24-23-25-22-21(26-27-23)19-15-18(34(31,32)28-11-5-6-12-28)9-10-20(19)29(22)13-14-33-17-7-3-2-4-8-17/h2-4,7-10,15H,5-6,11-14H2,1H3,(H,24,25,27,30). The van der Waals surface area contributed by atoms with Crippen LogP contribution in [0.5, 0.6) is 5.75 Å². The summed E-state index contributed by atoms with van der Waals surface area (Å²) < 4.78 is 35.5. The van der Waals surface area contributed by atoms with Gasteiger partial charge in [-0.1, -0.05) is 18.2 Å². The molecule has 3 heterocycles. The van der Waals surface area contributed by atoms with Crippen molar-refractivity contribution < 1.29 is 17.9 Å². The lowest BCUT2D eigenvalue weighted by atomic mass is 10.2. The highest BCUT2D eigenvalue weighted by Gasteiger charge is 2.28. The number of rotatable bonds is 7. The Balaban J connectivity index is 1.57. The maximum Gasteiger partial charge on any atom is 0.251 e. The summed E-state index contributed by atoms with van der Waals surface area (Å²) in [5.74, 6) is 0.516. The van der Waals surface area contributed by atoms with Crippen molar-refractivity contribution in [2.24, 2.45) is 0 Å². The molecule has 176 valence electrons. The molecule has 0 aliphatic carbocycles. The van der Waals surface area contributed by atoms with Gasteiger partial charge in [-0.25, -0.2) is 8.42 Å². The Morgan fingerprint density at radius 1 is 1.09 bits per heavy atom. The monoisotopic (exact) mass is 480 g/mol. The summed E-state index contributed by atoms with van der Waals surface area (Å²) in [4.78, 5) is 16.2. The number of nitrogens with zero attached hydrogens (tertiary/aromatic N) is 5. The molecule has 0 saturated carbocycles. The van der Waals surface area contributed by atoms with E-state index in [-0.39, 0.29) is 16.8 Å². The van der Waals surface area contributed by atoms with Gasteiger partial charge in [0.25, 0.3) is 5.95 Å². The molecule has 2 aromatic heterocycles. The van der Waals surface area contributed by atoms with Crippen molar-refractivity contribution in [3.05, 3.63) is 48.5 Å². The molecule has 1 N–H and O–H groups in total. The molecule has 11 heteroatoms. The van der Waals surface area contributed by atoms with Crippen molar-refractivity contribution in [3.63, 3.8) is 0 Å². The number of ether oxygens (including phenoxy) is 1. The molecule has 1 aliphatic heterocycles. The second-order valence-corrected chi connectivity index (χ2v) is 10.0. The molecule has 0 radical (unpaired) electrons. The second-order valence-electron chi connectivity index (χ2n) is 8.09. The second kappa shape index (κ2) is 8.99. The van der Waals surface area contributed by atoms with Crippen molar-refractivity contribution in [2.45, 2.75) is 31.2 Å². The van der Waals surface area contributed by atoms with Gasteiger partial charge in [-0.3, -0.25) is 10.1 Å². The number of para-hydroxylation sites is 1. The fraction of sp³-hybridized carbons (Fsp3) is 0.304. The average Bonchev–Trinajstić information content (AvgIpc) is 3.47. The zero-order valence-corrected chi connectivity index (χ0v) is 19.5. The number of amides is 1. The lowest BCUT2D eigenvalue weighted by molar-refractivity contribution is -0.114. The van der Waals surface area contributed by atoms with Crippen LogP contribution in [0.3, 0.4) is 0 Å². The van der Waals surface area contributed by atoms with Crippen molar-refractivity contribution >= 4 is 43.9 Å². The quantitative estimate of drug-likeness (QED) is 0.432. The summed E-state index contributed by atoms with van der Waals surface area (Å²) in [7, 11) is -3.59. The van der Waals surface area contributed by atoms with E-state index in [9.17, 15) is 13.2 Å². The summed E-state index contributed by atoms with van der Waals surface area (Å²) in [6, 6.07) is 14.5. The number of carbonyl (C=O) groups excluding carboxylic acids is 1. The molecular weight excluding hydrogens is 456 g/mol. The summed E-state index contributed by atoms with van der Waals surface area (Å²) in [6.07, 6.45) is 1.73. The molecular formula is C23H24N6O4S. The maximum atomic E-state index is 13.1. The highest BCUT2D eigenvalue weighted by molar-refractivity contribution is 7.89. The number of hydrogen-bond acceptors (Lipinski definition) is 7. The SMILES string of the molecule is CC(=O)Nc1nnc2c3cc(S(=O)(=O)N4CCCC4)ccc3n(CCOc3ccccc3)c2n1. The van der Waals surface area contributed by atoms with E-state index >= 15 is 0 Å². The van der Waals surface area contributed by atoms with Gasteiger partial charge in [-0.05, 0) is 43.2 Å². The molecule has 5 rings (SSSR count). The van der Waals surface area contributed by atoms with Crippen molar-refractivity contribution in [3.8, 4) is 5.75 Å². The van der Waals surface area contributed by atoms with Gasteiger partial charge < -0.3 is 9.30 Å². The predicted molar refractivity (Wildman–Crippen MR) is 127 cm³/mol. The van der Waals surface area contributed by atoms with Gasteiger partial charge in [-0.15, -0.1) is 10.2 Å². The van der Waals surface area contributed by atoms with Gasteiger partial charge in [0.1, 0.15) is 17.9 Å². The van der Waals surface area contributed by atoms with Crippen LogP contribution in [-0.2, 0) is 21.4 Å². The minimum atomic E-state index is -3.59. The van der Waals surface area contributed by atoms with Crippen LogP contribution in [0.25, 0.3) is 22.1 Å². The van der Waals surface area contributed by atoms with E-state index in [1.807, 2.05) is 34.9 Å². The highest BCUT2D eigenvalue weighted by atomic mass is 32.2. The molecule has 0 atom stereocenters. The molecule has 0 spiro atoms. The minimum Gasteiger partial charge on any atom is -0.492 e. The van der Waals surface area contributed by atoms with Crippen LogP contribution in [0.2, 0.25) is 0 Å². The fourth-order valence-corrected chi connectivity index (χ4v) is 5.72. The van der Waals surface area contributed by atoms with E-state index in [2.05, 4.69) is 20.5 Å². The highest BCUT2D eigenvalue weighted by Crippen LogP contribution is 2.30. The molecule has 0 unspecified atom stereocenters. The van der Waals surface area contributed by atoms with Crippen LogP contribution in [0.4, 0.5) is 5.95 Å². The zero-order valence-electron chi connectivity index (χ0n) is 18.6. The Bertz CT molecular complexity index is 1460. The number of carbonyl (C=O) groups is 1. The van der Waals surface area contributed by atoms with Crippen molar-refractivity contribution in [1.82, 2.24) is 24.1 Å². The third-order valence-corrected chi connectivity index (χ3v) is 7.65. The Hall–Kier alpha value is -3.57. The minimum absolute atomic E-state index is 0.0814. The summed E-state index contributed by atoms with van der Waals surface area (Å²) >= 11 is 0. The van der Waals surface area contributed by atoms with Crippen LogP contribution >= 0.6 is 0 Å². The first-order chi connectivity index (χ1) is 16.4. The largest absolute Gasteiger partial charge is 0.492 e. The zero-order chi connectivity index (χ0) is 23.7. The van der Waals surface area contributed by atoms with E-state index in [4.69, 9.17) is 4.74 Å². The summed E-state index contributed by atoms with van der Waals surface area (Å²) in [5.41, 5.74) is 1.71. The molecule has 34 heavy (non-hydrogen) atoms. The molecule has 1 fully saturated rings. The van der Waals surface area contributed by atoms with E-state index in [0.29, 0.717) is 42.8 Å². The number of sulfonamides is 1. The van der Waals surface area contributed by atoms with Gasteiger partial charge in [0.05, 0.1) is 17.0 Å². The number of aromatic nitrogens is 4. The van der Waals surface area contributed by atoms with Crippen molar-refractivity contribution in [2.75, 3.05) is 25.0 Å². The van der Waals surface area contributed by atoms with Gasteiger partial charge >= 0.3 is 0 Å². The Morgan fingerprint density at radius 3 is 2.59 bits per heavy atom. The lowest BCUT2D eigenvalue weighted by Crippen LogP contribution is -2.27. The first kappa shape index (κ1) is 22.2. The number of hydrogen-bond donors (Lipinski definition) is 1. The summed E-state index contributed by atoms with van der Waals surface area (Å²) in [5, 5.41) is 11.5. The third kappa shape index (κ3) is 4.19. The smallest absolute Gasteiger partial charge is 0.251 e. The Kier molecular flexibility index (Phi) is 5.88. The van der Waals surface area contributed by atoms with Crippen LogP contribution < -0.4 is 10.1 Å². The molecule has 0 bridgehead atoms. The normalized spacial score (nSPS) is 14.6. The number of benzene rings is 2. The Morgan fingerprint density at radius 2 is 1.85 bits per heavy atom. The van der Waals surface area contributed by atoms with Crippen LogP contribution in [0.15, 0.2) is 53.4 Å². The third-order valence-electron chi connectivity index (χ3n) is 5.76. The van der Waals surface area contributed by atoms with Gasteiger partial charge in [-0.2, -0.15) is 9.29 Å². The Labute approximate surface area is 196 Å². The number of anilines is 1. The van der Waals surface area contributed by atoms with Gasteiger partial charge in [0.2, 0.25) is 15.9 Å². The maximum absolute atomic E-state index is 13.1. The molecule has 1 aliphatic rings. The number of nitrogens with one attached hydrogen (secondary N) is 1. The van der Waals surface area contributed by atoms with Gasteiger partial charge in [0, 0.05) is 25.4 Å². The average molecular weight is 481 g/mol. The predicted octanol–water partition coefficient (Wildman–Crippen LogP) is 2.80. The molecule has 10 nitrogen and oxygen atoms in total. The van der Waals surface area contributed by atoms with Gasteiger partial charge in [0.15, 0.2) is 5.65 Å².